The van der Waals surface area contributed by atoms with Crippen LogP contribution in [0.1, 0.15) is 18.4 Å². The summed E-state index contributed by atoms with van der Waals surface area (Å²) in [7, 11) is 1.71. The van der Waals surface area contributed by atoms with Crippen LogP contribution < -0.4 is 5.32 Å². The molecule has 1 amide bonds. The summed E-state index contributed by atoms with van der Waals surface area (Å²) in [5.74, 6) is 0.0801. The van der Waals surface area contributed by atoms with Gasteiger partial charge in [0.15, 0.2) is 0 Å². The number of benzene rings is 1. The van der Waals surface area contributed by atoms with Crippen molar-refractivity contribution in [2.75, 3.05) is 7.11 Å². The van der Waals surface area contributed by atoms with E-state index in [2.05, 4.69) is 17.9 Å². The average Bonchev–Trinajstić information content (AvgIpc) is 2.26. The van der Waals surface area contributed by atoms with E-state index in [1.807, 2.05) is 24.3 Å². The van der Waals surface area contributed by atoms with Gasteiger partial charge in [0.25, 0.3) is 0 Å². The Morgan fingerprint density at radius 3 is 2.65 bits per heavy atom. The molecule has 1 aromatic carbocycles. The van der Waals surface area contributed by atoms with Gasteiger partial charge >= 0.3 is 0 Å². The van der Waals surface area contributed by atoms with Crippen LogP contribution in [-0.4, -0.2) is 25.2 Å². The first kappa shape index (κ1) is 12.5. The Kier molecular flexibility index (Phi) is 4.07. The highest BCUT2D eigenvalue weighted by atomic mass is 32.1. The zero-order valence-electron chi connectivity index (χ0n) is 9.85. The van der Waals surface area contributed by atoms with Crippen LogP contribution in [0.3, 0.4) is 0 Å². The lowest BCUT2D eigenvalue weighted by Crippen LogP contribution is -2.47. The number of methoxy groups -OCH3 is 1. The van der Waals surface area contributed by atoms with E-state index in [0.717, 1.165) is 23.3 Å². The summed E-state index contributed by atoms with van der Waals surface area (Å²) < 4.78 is 5.17. The Morgan fingerprint density at radius 1 is 1.41 bits per heavy atom. The van der Waals surface area contributed by atoms with Crippen molar-refractivity contribution in [1.29, 1.82) is 0 Å². The maximum absolute atomic E-state index is 11.7. The van der Waals surface area contributed by atoms with Crippen LogP contribution >= 0.6 is 12.6 Å². The van der Waals surface area contributed by atoms with E-state index in [4.69, 9.17) is 4.74 Å². The normalized spacial score (nSPS) is 22.9. The van der Waals surface area contributed by atoms with Crippen molar-refractivity contribution < 1.29 is 9.53 Å². The number of hydrogen-bond donors (Lipinski definition) is 2. The minimum atomic E-state index is 0.0801. The first-order valence-corrected chi connectivity index (χ1v) is 6.22. The molecule has 3 nitrogen and oxygen atoms in total. The molecule has 0 aliphatic heterocycles. The highest BCUT2D eigenvalue weighted by Crippen LogP contribution is 2.22. The maximum atomic E-state index is 11.7. The zero-order valence-corrected chi connectivity index (χ0v) is 10.7. The predicted octanol–water partition coefficient (Wildman–Crippen LogP) is 1.81. The molecule has 0 aromatic heterocycles. The van der Waals surface area contributed by atoms with Gasteiger partial charge in [0, 0.05) is 18.0 Å². The fourth-order valence-corrected chi connectivity index (χ4v) is 2.10. The largest absolute Gasteiger partial charge is 0.381 e. The van der Waals surface area contributed by atoms with Crippen molar-refractivity contribution in [3.05, 3.63) is 29.8 Å². The Balaban J connectivity index is 1.76. The van der Waals surface area contributed by atoms with Gasteiger partial charge < -0.3 is 10.1 Å². The molecule has 0 spiro atoms. The third kappa shape index (κ3) is 3.48. The van der Waals surface area contributed by atoms with Gasteiger partial charge in [-0.2, -0.15) is 0 Å². The van der Waals surface area contributed by atoms with Crippen LogP contribution in [-0.2, 0) is 16.0 Å². The summed E-state index contributed by atoms with van der Waals surface area (Å²) >= 11 is 4.21. The second-order valence-corrected chi connectivity index (χ2v) is 4.95. The SMILES string of the molecule is COC1CC(NC(=O)Cc2ccc(S)cc2)C1. The minimum Gasteiger partial charge on any atom is -0.381 e. The standard InChI is InChI=1S/C13H17NO2S/c1-16-11-7-10(8-11)14-13(15)6-9-2-4-12(17)5-3-9/h2-5,10-11,17H,6-8H2,1H3,(H,14,15). The predicted molar refractivity (Wildman–Crippen MR) is 69.4 cm³/mol. The number of nitrogens with one attached hydrogen (secondary N) is 1. The molecule has 0 bridgehead atoms. The van der Waals surface area contributed by atoms with Crippen LogP contribution in [0.2, 0.25) is 0 Å². The third-order valence-electron chi connectivity index (χ3n) is 3.09. The lowest BCUT2D eigenvalue weighted by atomic mass is 9.89. The molecule has 0 atom stereocenters. The lowest BCUT2D eigenvalue weighted by molar-refractivity contribution is -0.122. The number of carbonyl (C=O) groups is 1. The van der Waals surface area contributed by atoms with E-state index in [1.165, 1.54) is 0 Å². The maximum Gasteiger partial charge on any atom is 0.224 e. The van der Waals surface area contributed by atoms with Crippen molar-refractivity contribution in [3.8, 4) is 0 Å². The third-order valence-corrected chi connectivity index (χ3v) is 3.39. The van der Waals surface area contributed by atoms with Crippen LogP contribution in [0.5, 0.6) is 0 Å². The quantitative estimate of drug-likeness (QED) is 0.801. The second-order valence-electron chi connectivity index (χ2n) is 4.44. The van der Waals surface area contributed by atoms with Crippen molar-refractivity contribution in [2.24, 2.45) is 0 Å². The first-order chi connectivity index (χ1) is 8.17. The number of amides is 1. The number of ether oxygens (including phenoxy) is 1. The van der Waals surface area contributed by atoms with E-state index in [-0.39, 0.29) is 11.9 Å². The van der Waals surface area contributed by atoms with Crippen molar-refractivity contribution in [2.45, 2.75) is 36.3 Å². The molecule has 1 aliphatic carbocycles. The van der Waals surface area contributed by atoms with Crippen molar-refractivity contribution in [3.63, 3.8) is 0 Å². The van der Waals surface area contributed by atoms with Gasteiger partial charge in [0.1, 0.15) is 0 Å². The summed E-state index contributed by atoms with van der Waals surface area (Å²) in [6, 6.07) is 7.95. The molecule has 92 valence electrons. The highest BCUT2D eigenvalue weighted by Gasteiger charge is 2.29. The Hall–Kier alpha value is -1.00. The van der Waals surface area contributed by atoms with Crippen molar-refractivity contribution in [1.82, 2.24) is 5.32 Å². The van der Waals surface area contributed by atoms with Crippen LogP contribution in [0.15, 0.2) is 29.2 Å². The molecule has 0 heterocycles. The van der Waals surface area contributed by atoms with E-state index in [0.29, 0.717) is 12.5 Å². The minimum absolute atomic E-state index is 0.0801. The molecule has 1 fully saturated rings. The molecule has 2 rings (SSSR count). The second kappa shape index (κ2) is 5.56. The first-order valence-electron chi connectivity index (χ1n) is 5.77. The molecule has 0 radical (unpaired) electrons. The summed E-state index contributed by atoms with van der Waals surface area (Å²) in [6.07, 6.45) is 2.61. The fraction of sp³-hybridized carbons (Fsp3) is 0.462. The zero-order chi connectivity index (χ0) is 12.3. The van der Waals surface area contributed by atoms with E-state index in [9.17, 15) is 4.79 Å². The summed E-state index contributed by atoms with van der Waals surface area (Å²) in [4.78, 5) is 12.6. The number of hydrogen-bond acceptors (Lipinski definition) is 3. The number of rotatable bonds is 4. The van der Waals surface area contributed by atoms with Crippen LogP contribution in [0.4, 0.5) is 0 Å². The van der Waals surface area contributed by atoms with Crippen LogP contribution in [0.25, 0.3) is 0 Å². The van der Waals surface area contributed by atoms with E-state index in [1.54, 1.807) is 7.11 Å². The monoisotopic (exact) mass is 251 g/mol. The Labute approximate surface area is 107 Å². The lowest BCUT2D eigenvalue weighted by Gasteiger charge is -2.34. The van der Waals surface area contributed by atoms with Gasteiger partial charge in [0.05, 0.1) is 12.5 Å². The molecule has 1 N–H and O–H groups in total. The summed E-state index contributed by atoms with van der Waals surface area (Å²) in [6.45, 7) is 0. The smallest absolute Gasteiger partial charge is 0.224 e. The molecule has 4 heteroatoms. The molecular formula is C13H17NO2S. The fourth-order valence-electron chi connectivity index (χ4n) is 1.95. The molecule has 1 saturated carbocycles. The van der Waals surface area contributed by atoms with Gasteiger partial charge in [-0.05, 0) is 30.5 Å². The van der Waals surface area contributed by atoms with Gasteiger partial charge in [-0.25, -0.2) is 0 Å². The van der Waals surface area contributed by atoms with E-state index >= 15 is 0 Å². The molecule has 1 aromatic rings. The molecular weight excluding hydrogens is 234 g/mol. The molecule has 0 unspecified atom stereocenters. The topological polar surface area (TPSA) is 38.3 Å². The molecule has 0 saturated heterocycles. The Morgan fingerprint density at radius 2 is 2.06 bits per heavy atom. The van der Waals surface area contributed by atoms with Gasteiger partial charge in [-0.15, -0.1) is 12.6 Å². The Bertz CT molecular complexity index is 385. The number of thiol groups is 1. The number of carbonyl (C=O) groups excluding carboxylic acids is 1. The van der Waals surface area contributed by atoms with Crippen molar-refractivity contribution >= 4 is 18.5 Å². The summed E-state index contributed by atoms with van der Waals surface area (Å²) in [5, 5.41) is 3.01. The summed E-state index contributed by atoms with van der Waals surface area (Å²) in [5.41, 5.74) is 1.02. The van der Waals surface area contributed by atoms with Gasteiger partial charge in [-0.1, -0.05) is 12.1 Å². The van der Waals surface area contributed by atoms with Gasteiger partial charge in [-0.3, -0.25) is 4.79 Å². The average molecular weight is 251 g/mol. The van der Waals surface area contributed by atoms with Crippen LogP contribution in [0, 0.1) is 0 Å². The van der Waals surface area contributed by atoms with Gasteiger partial charge in [0.2, 0.25) is 5.91 Å². The highest BCUT2D eigenvalue weighted by molar-refractivity contribution is 7.80. The molecule has 17 heavy (non-hydrogen) atoms. The molecule has 1 aliphatic rings. The van der Waals surface area contributed by atoms with E-state index < -0.39 is 0 Å².